The zero-order chi connectivity index (χ0) is 32.2. The summed E-state index contributed by atoms with van der Waals surface area (Å²) in [6.07, 6.45) is 0. The molecule has 44 heavy (non-hydrogen) atoms. The molecule has 0 amide bonds. The second-order valence-electron chi connectivity index (χ2n) is 15.8. The number of hydrogen-bond acceptors (Lipinski definition) is 8. The standard InChI is InChI=1S/C36H46N6O2/c1-33(2,3)21-13-25-37-26-14-22(34(4,5)6)19-31(40-26)44-32-20-24(36(10,11)12)16-28(42-32)38-27-15-23(35(7,8)9)18-30(41-27)43-29(17-21)39-25/h13-20H,1-12H3,(H,37,39,40)(H,38,41,42). The Kier molecular flexibility index (Phi) is 7.63. The van der Waals surface area contributed by atoms with Crippen LogP contribution in [0.5, 0.6) is 23.5 Å². The number of hydrogen-bond donors (Lipinski definition) is 2. The van der Waals surface area contributed by atoms with Gasteiger partial charge in [0.1, 0.15) is 23.3 Å². The number of anilines is 4. The highest BCUT2D eigenvalue weighted by atomic mass is 16.5. The lowest BCUT2D eigenvalue weighted by Gasteiger charge is -2.24. The second-order valence-corrected chi connectivity index (χ2v) is 15.8. The van der Waals surface area contributed by atoms with Crippen LogP contribution in [-0.4, -0.2) is 19.9 Å². The number of rotatable bonds is 0. The number of pyridine rings is 4. The van der Waals surface area contributed by atoms with E-state index in [4.69, 9.17) is 29.4 Å². The molecule has 5 rings (SSSR count). The minimum atomic E-state index is -0.153. The maximum atomic E-state index is 6.43. The Labute approximate surface area is 262 Å². The van der Waals surface area contributed by atoms with E-state index >= 15 is 0 Å². The van der Waals surface area contributed by atoms with Crippen LogP contribution in [0.1, 0.15) is 105 Å². The molecule has 0 radical (unpaired) electrons. The Morgan fingerprint density at radius 1 is 0.364 bits per heavy atom. The van der Waals surface area contributed by atoms with Crippen LogP contribution in [0, 0.1) is 0 Å². The molecule has 8 bridgehead atoms. The van der Waals surface area contributed by atoms with Crippen molar-refractivity contribution < 1.29 is 9.47 Å². The molecular formula is C36H46N6O2. The van der Waals surface area contributed by atoms with Crippen molar-refractivity contribution in [2.24, 2.45) is 0 Å². The Morgan fingerprint density at radius 3 is 0.750 bits per heavy atom. The molecule has 0 aromatic carbocycles. The van der Waals surface area contributed by atoms with Crippen LogP contribution in [0.25, 0.3) is 0 Å². The predicted molar refractivity (Wildman–Crippen MR) is 178 cm³/mol. The average Bonchev–Trinajstić information content (AvgIpc) is 2.85. The van der Waals surface area contributed by atoms with Crippen molar-refractivity contribution >= 4 is 23.3 Å². The van der Waals surface area contributed by atoms with Gasteiger partial charge in [0, 0.05) is 24.3 Å². The summed E-state index contributed by atoms with van der Waals surface area (Å²) in [6, 6.07) is 16.0. The molecule has 2 N–H and O–H groups in total. The van der Waals surface area contributed by atoms with Crippen LogP contribution >= 0.6 is 0 Å². The number of fused-ring (bicyclic) bond motifs is 8. The van der Waals surface area contributed by atoms with Crippen molar-refractivity contribution in [3.05, 3.63) is 70.8 Å². The lowest BCUT2D eigenvalue weighted by Crippen LogP contribution is -2.15. The van der Waals surface area contributed by atoms with Gasteiger partial charge < -0.3 is 20.1 Å². The third kappa shape index (κ3) is 7.29. The number of nitrogens with one attached hydrogen (secondary N) is 2. The quantitative estimate of drug-likeness (QED) is 0.183. The molecule has 8 heteroatoms. The molecule has 4 aromatic rings. The molecule has 0 fully saturated rings. The maximum absolute atomic E-state index is 6.43. The Balaban J connectivity index is 1.76. The highest BCUT2D eigenvalue weighted by Gasteiger charge is 2.23. The Bertz CT molecular complexity index is 1370. The summed E-state index contributed by atoms with van der Waals surface area (Å²) in [5.41, 5.74) is 3.64. The highest BCUT2D eigenvalue weighted by molar-refractivity contribution is 5.59. The Morgan fingerprint density at radius 2 is 0.568 bits per heavy atom. The molecule has 8 nitrogen and oxygen atoms in total. The average molecular weight is 595 g/mol. The van der Waals surface area contributed by atoms with Crippen molar-refractivity contribution in [2.45, 2.75) is 105 Å². The number of nitrogens with zero attached hydrogens (tertiary/aromatic N) is 4. The third-order valence-corrected chi connectivity index (χ3v) is 7.60. The minimum absolute atomic E-state index is 0.153. The van der Waals surface area contributed by atoms with E-state index in [0.29, 0.717) is 46.8 Å². The van der Waals surface area contributed by atoms with E-state index in [1.807, 2.05) is 48.5 Å². The Hall–Kier alpha value is -4.20. The van der Waals surface area contributed by atoms with Crippen LogP contribution in [0.3, 0.4) is 0 Å². The smallest absolute Gasteiger partial charge is 0.223 e. The maximum Gasteiger partial charge on any atom is 0.223 e. The van der Waals surface area contributed by atoms with Crippen LogP contribution in [0.2, 0.25) is 0 Å². The van der Waals surface area contributed by atoms with Gasteiger partial charge >= 0.3 is 0 Å². The molecule has 0 atom stereocenters. The molecule has 1 aliphatic heterocycles. The molecule has 5 heterocycles. The number of aromatic nitrogens is 4. The van der Waals surface area contributed by atoms with Crippen molar-refractivity contribution in [3.8, 4) is 23.5 Å². The highest BCUT2D eigenvalue weighted by Crippen LogP contribution is 2.37. The van der Waals surface area contributed by atoms with E-state index < -0.39 is 0 Å². The normalized spacial score (nSPS) is 13.7. The first-order chi connectivity index (χ1) is 20.2. The summed E-state index contributed by atoms with van der Waals surface area (Å²) >= 11 is 0. The van der Waals surface area contributed by atoms with Gasteiger partial charge in [0.2, 0.25) is 23.5 Å². The summed E-state index contributed by atoms with van der Waals surface area (Å²) < 4.78 is 12.9. The molecule has 1 aliphatic rings. The topological polar surface area (TPSA) is 94.1 Å². The molecule has 0 aliphatic carbocycles. The van der Waals surface area contributed by atoms with Gasteiger partial charge in [-0.05, 0) is 68.2 Å². The molecule has 4 aromatic heterocycles. The van der Waals surface area contributed by atoms with Gasteiger partial charge in [-0.2, -0.15) is 19.9 Å². The summed E-state index contributed by atoms with van der Waals surface area (Å²) in [5.74, 6) is 4.22. The van der Waals surface area contributed by atoms with Gasteiger partial charge in [0.05, 0.1) is 0 Å². The van der Waals surface area contributed by atoms with Gasteiger partial charge in [-0.1, -0.05) is 83.1 Å². The van der Waals surface area contributed by atoms with Gasteiger partial charge in [0.25, 0.3) is 0 Å². The van der Waals surface area contributed by atoms with Crippen LogP contribution in [-0.2, 0) is 21.7 Å². The minimum Gasteiger partial charge on any atom is -0.421 e. The first-order valence-corrected chi connectivity index (χ1v) is 15.2. The molecule has 0 spiro atoms. The lowest BCUT2D eigenvalue weighted by atomic mass is 9.87. The van der Waals surface area contributed by atoms with Crippen molar-refractivity contribution in [1.29, 1.82) is 0 Å². The number of ether oxygens (including phenoxy) is 2. The largest absolute Gasteiger partial charge is 0.421 e. The fraction of sp³-hybridized carbons (Fsp3) is 0.444. The van der Waals surface area contributed by atoms with Gasteiger partial charge in [-0.15, -0.1) is 0 Å². The van der Waals surface area contributed by atoms with E-state index in [2.05, 4.69) is 93.7 Å². The zero-order valence-corrected chi connectivity index (χ0v) is 28.2. The fourth-order valence-corrected chi connectivity index (χ4v) is 4.70. The molecule has 0 saturated carbocycles. The summed E-state index contributed by atoms with van der Waals surface area (Å²) in [4.78, 5) is 19.4. The summed E-state index contributed by atoms with van der Waals surface area (Å²) in [5, 5.41) is 6.88. The monoisotopic (exact) mass is 594 g/mol. The van der Waals surface area contributed by atoms with Crippen molar-refractivity contribution in [2.75, 3.05) is 10.6 Å². The molecule has 0 unspecified atom stereocenters. The molecule has 0 saturated heterocycles. The fourth-order valence-electron chi connectivity index (χ4n) is 4.70. The second kappa shape index (κ2) is 10.8. The molecule has 232 valence electrons. The van der Waals surface area contributed by atoms with E-state index in [1.54, 1.807) is 0 Å². The van der Waals surface area contributed by atoms with Crippen molar-refractivity contribution in [3.63, 3.8) is 0 Å². The van der Waals surface area contributed by atoms with Crippen LogP contribution < -0.4 is 20.1 Å². The first-order valence-electron chi connectivity index (χ1n) is 15.2. The van der Waals surface area contributed by atoms with E-state index in [0.717, 1.165) is 22.3 Å². The predicted octanol–water partition coefficient (Wildman–Crippen LogP) is 9.84. The zero-order valence-electron chi connectivity index (χ0n) is 28.2. The van der Waals surface area contributed by atoms with E-state index in [-0.39, 0.29) is 21.7 Å². The third-order valence-electron chi connectivity index (χ3n) is 7.60. The van der Waals surface area contributed by atoms with Crippen LogP contribution in [0.4, 0.5) is 23.3 Å². The van der Waals surface area contributed by atoms with Gasteiger partial charge in [0.15, 0.2) is 0 Å². The van der Waals surface area contributed by atoms with Gasteiger partial charge in [-0.3, -0.25) is 0 Å². The summed E-state index contributed by atoms with van der Waals surface area (Å²) in [6.45, 7) is 26.0. The van der Waals surface area contributed by atoms with Gasteiger partial charge in [-0.25, -0.2) is 0 Å². The van der Waals surface area contributed by atoms with E-state index in [1.165, 1.54) is 0 Å². The van der Waals surface area contributed by atoms with E-state index in [9.17, 15) is 0 Å². The van der Waals surface area contributed by atoms with Crippen molar-refractivity contribution in [1.82, 2.24) is 19.9 Å². The SMILES string of the molecule is CC(C)(C)c1cc2nc(c1)Oc1cc(C(C)(C)C)cc(n1)Nc1cc(C(C)(C)C)cc(n1)Oc1cc(C(C)(C)C)cc(n1)N2. The summed E-state index contributed by atoms with van der Waals surface area (Å²) in [7, 11) is 0. The lowest BCUT2D eigenvalue weighted by molar-refractivity contribution is 0.438. The first kappa shape index (κ1) is 31.2. The van der Waals surface area contributed by atoms with Crippen LogP contribution in [0.15, 0.2) is 48.5 Å². The molecular weight excluding hydrogens is 548 g/mol.